The Balaban J connectivity index is 3.28. The Morgan fingerprint density at radius 1 is 1.38 bits per heavy atom. The van der Waals surface area contributed by atoms with Crippen molar-refractivity contribution in [3.8, 4) is 0 Å². The third-order valence-electron chi connectivity index (χ3n) is 1.81. The molecule has 1 rings (SSSR count). The van der Waals surface area contributed by atoms with E-state index >= 15 is 0 Å². The van der Waals surface area contributed by atoms with E-state index < -0.39 is 15.6 Å². The summed E-state index contributed by atoms with van der Waals surface area (Å²) in [5.41, 5.74) is -0.158. The van der Waals surface area contributed by atoms with Crippen LogP contribution in [0.2, 0.25) is 5.15 Å². The van der Waals surface area contributed by atoms with Crippen LogP contribution < -0.4 is 4.72 Å². The molecule has 0 saturated carbocycles. The summed E-state index contributed by atoms with van der Waals surface area (Å²) in [6.07, 6.45) is 0. The van der Waals surface area contributed by atoms with Crippen molar-refractivity contribution in [2.45, 2.75) is 38.1 Å². The van der Waals surface area contributed by atoms with Crippen molar-refractivity contribution in [1.29, 1.82) is 0 Å². The average Bonchev–Trinajstić information content (AvgIpc) is 2.20. The number of nitrogens with one attached hydrogen (secondary N) is 1. The molecular formula is C9H16ClN3O2S. The molecule has 0 unspecified atom stereocenters. The van der Waals surface area contributed by atoms with Gasteiger partial charge < -0.3 is 0 Å². The molecule has 0 saturated heterocycles. The molecule has 16 heavy (non-hydrogen) atoms. The Bertz CT molecular complexity index is 500. The minimum atomic E-state index is -3.62. The minimum absolute atomic E-state index is 0.0478. The zero-order chi connectivity index (χ0) is 12.7. The average molecular weight is 266 g/mol. The van der Waals surface area contributed by atoms with Crippen molar-refractivity contribution in [1.82, 2.24) is 14.5 Å². The summed E-state index contributed by atoms with van der Waals surface area (Å²) in [6.45, 7) is 6.92. The molecule has 7 heteroatoms. The Morgan fingerprint density at radius 3 is 2.19 bits per heavy atom. The zero-order valence-corrected chi connectivity index (χ0v) is 11.6. The fraction of sp³-hybridized carbons (Fsp3) is 0.667. The minimum Gasteiger partial charge on any atom is -0.255 e. The van der Waals surface area contributed by atoms with Crippen LogP contribution in [0.25, 0.3) is 0 Å². The molecule has 0 aliphatic carbocycles. The van der Waals surface area contributed by atoms with E-state index in [1.807, 2.05) is 0 Å². The van der Waals surface area contributed by atoms with Crippen LogP contribution in [0.3, 0.4) is 0 Å². The first-order valence-electron chi connectivity index (χ1n) is 4.77. The molecule has 5 nitrogen and oxygen atoms in total. The fourth-order valence-electron chi connectivity index (χ4n) is 1.37. The zero-order valence-electron chi connectivity index (χ0n) is 10.00. The highest BCUT2D eigenvalue weighted by atomic mass is 35.5. The lowest BCUT2D eigenvalue weighted by atomic mass is 10.1. The van der Waals surface area contributed by atoms with E-state index in [2.05, 4.69) is 9.82 Å². The maximum Gasteiger partial charge on any atom is 0.245 e. The molecular weight excluding hydrogens is 250 g/mol. The van der Waals surface area contributed by atoms with Crippen molar-refractivity contribution in [2.24, 2.45) is 7.05 Å². The Kier molecular flexibility index (Phi) is 3.38. The molecule has 0 aliphatic heterocycles. The molecule has 92 valence electrons. The number of aryl methyl sites for hydroxylation is 2. The lowest BCUT2D eigenvalue weighted by molar-refractivity contribution is 0.491. The topological polar surface area (TPSA) is 64.0 Å². The van der Waals surface area contributed by atoms with Crippen LogP contribution in [0.15, 0.2) is 4.90 Å². The molecule has 1 aromatic heterocycles. The Labute approximate surface area is 101 Å². The molecule has 1 heterocycles. The highest BCUT2D eigenvalue weighted by molar-refractivity contribution is 7.89. The van der Waals surface area contributed by atoms with Crippen LogP contribution in [-0.4, -0.2) is 23.7 Å². The second-order valence-corrected chi connectivity index (χ2v) is 6.66. The van der Waals surface area contributed by atoms with Gasteiger partial charge in [0.15, 0.2) is 0 Å². The van der Waals surface area contributed by atoms with E-state index in [0.717, 1.165) is 0 Å². The lowest BCUT2D eigenvalue weighted by Crippen LogP contribution is -2.40. The number of rotatable bonds is 2. The van der Waals surface area contributed by atoms with Crippen LogP contribution in [0.1, 0.15) is 26.5 Å². The molecule has 1 N–H and O–H groups in total. The maximum absolute atomic E-state index is 12.1. The maximum atomic E-state index is 12.1. The van der Waals surface area contributed by atoms with Crippen molar-refractivity contribution in [3.63, 3.8) is 0 Å². The summed E-state index contributed by atoms with van der Waals surface area (Å²) in [5, 5.41) is 4.09. The number of hydrogen-bond acceptors (Lipinski definition) is 3. The van der Waals surface area contributed by atoms with E-state index in [1.165, 1.54) is 4.68 Å². The molecule has 0 spiro atoms. The molecule has 0 bridgehead atoms. The first-order chi connectivity index (χ1) is 7.04. The highest BCUT2D eigenvalue weighted by Crippen LogP contribution is 2.24. The third kappa shape index (κ3) is 2.75. The second-order valence-electron chi connectivity index (χ2n) is 4.68. The summed E-state index contributed by atoms with van der Waals surface area (Å²) in [6, 6.07) is 0. The Hall–Kier alpha value is -0.590. The predicted octanol–water partition coefficient (Wildman–Crippen LogP) is 1.46. The lowest BCUT2D eigenvalue weighted by Gasteiger charge is -2.20. The van der Waals surface area contributed by atoms with Crippen LogP contribution in [-0.2, 0) is 17.1 Å². The van der Waals surface area contributed by atoms with E-state index in [4.69, 9.17) is 11.6 Å². The Morgan fingerprint density at radius 2 is 1.88 bits per heavy atom. The normalized spacial score (nSPS) is 13.1. The van der Waals surface area contributed by atoms with Gasteiger partial charge in [-0.25, -0.2) is 13.1 Å². The van der Waals surface area contributed by atoms with E-state index in [0.29, 0.717) is 5.69 Å². The van der Waals surface area contributed by atoms with Crippen LogP contribution in [0.4, 0.5) is 0 Å². The van der Waals surface area contributed by atoms with E-state index in [1.54, 1.807) is 34.7 Å². The fourth-order valence-corrected chi connectivity index (χ4v) is 3.54. The van der Waals surface area contributed by atoms with Gasteiger partial charge >= 0.3 is 0 Å². The summed E-state index contributed by atoms with van der Waals surface area (Å²) >= 11 is 5.91. The van der Waals surface area contributed by atoms with E-state index in [9.17, 15) is 8.42 Å². The number of nitrogens with zero attached hydrogens (tertiary/aromatic N) is 2. The summed E-state index contributed by atoms with van der Waals surface area (Å²) in [5.74, 6) is 0. The molecule has 0 aliphatic rings. The van der Waals surface area contributed by atoms with E-state index in [-0.39, 0.29) is 10.0 Å². The predicted molar refractivity (Wildman–Crippen MR) is 63.0 cm³/mol. The van der Waals surface area contributed by atoms with Gasteiger partial charge in [-0.1, -0.05) is 11.6 Å². The smallest absolute Gasteiger partial charge is 0.245 e. The quantitative estimate of drug-likeness (QED) is 0.881. The largest absolute Gasteiger partial charge is 0.255 e. The van der Waals surface area contributed by atoms with Gasteiger partial charge in [-0.2, -0.15) is 5.10 Å². The van der Waals surface area contributed by atoms with Gasteiger partial charge in [-0.05, 0) is 27.7 Å². The summed E-state index contributed by atoms with van der Waals surface area (Å²) < 4.78 is 28.0. The third-order valence-corrected chi connectivity index (χ3v) is 4.26. The first-order valence-corrected chi connectivity index (χ1v) is 6.64. The van der Waals surface area contributed by atoms with Crippen LogP contribution >= 0.6 is 11.6 Å². The molecule has 0 atom stereocenters. The van der Waals surface area contributed by atoms with Gasteiger partial charge in [0.2, 0.25) is 10.0 Å². The summed E-state index contributed by atoms with van der Waals surface area (Å²) in [7, 11) is -2.02. The van der Waals surface area contributed by atoms with Gasteiger partial charge in [0.25, 0.3) is 0 Å². The summed E-state index contributed by atoms with van der Waals surface area (Å²) in [4.78, 5) is 0.0478. The van der Waals surface area contributed by atoms with Crippen molar-refractivity contribution < 1.29 is 8.42 Å². The van der Waals surface area contributed by atoms with Crippen LogP contribution in [0.5, 0.6) is 0 Å². The van der Waals surface area contributed by atoms with Gasteiger partial charge in [0, 0.05) is 12.6 Å². The van der Waals surface area contributed by atoms with Gasteiger partial charge in [-0.15, -0.1) is 0 Å². The highest BCUT2D eigenvalue weighted by Gasteiger charge is 2.28. The van der Waals surface area contributed by atoms with Crippen molar-refractivity contribution in [2.75, 3.05) is 0 Å². The van der Waals surface area contributed by atoms with Crippen molar-refractivity contribution in [3.05, 3.63) is 10.8 Å². The number of sulfonamides is 1. The number of aromatic nitrogens is 2. The number of hydrogen-bond donors (Lipinski definition) is 1. The van der Waals surface area contributed by atoms with Crippen LogP contribution in [0, 0.1) is 6.92 Å². The molecule has 0 radical (unpaired) electrons. The second kappa shape index (κ2) is 4.01. The molecule has 0 amide bonds. The molecule has 0 fully saturated rings. The first kappa shape index (κ1) is 13.5. The standard InChI is InChI=1S/C9H16ClN3O2S/c1-6-7(8(10)13(5)11-6)16(14,15)12-9(2,3)4/h12H,1-5H3. The van der Waals surface area contributed by atoms with Gasteiger partial charge in [0.1, 0.15) is 10.0 Å². The monoisotopic (exact) mass is 265 g/mol. The SMILES string of the molecule is Cc1nn(C)c(Cl)c1S(=O)(=O)NC(C)(C)C. The number of halogens is 1. The molecule has 1 aromatic rings. The molecule has 0 aromatic carbocycles. The van der Waals surface area contributed by atoms with Crippen molar-refractivity contribution >= 4 is 21.6 Å². The van der Waals surface area contributed by atoms with Gasteiger partial charge in [-0.3, -0.25) is 4.68 Å². The van der Waals surface area contributed by atoms with Gasteiger partial charge in [0.05, 0.1) is 5.69 Å².